The second-order valence-corrected chi connectivity index (χ2v) is 4.49. The van der Waals surface area contributed by atoms with Gasteiger partial charge < -0.3 is 11.5 Å². The molecule has 0 radical (unpaired) electrons. The first-order valence-corrected chi connectivity index (χ1v) is 5.80. The molecule has 4 N–H and O–H groups in total. The molecule has 0 saturated heterocycles. The van der Waals surface area contributed by atoms with Gasteiger partial charge in [0.15, 0.2) is 0 Å². The quantitative estimate of drug-likeness (QED) is 0.822. The van der Waals surface area contributed by atoms with Crippen molar-refractivity contribution in [3.05, 3.63) is 32.8 Å². The molecular formula is C10H13Cl3N2. The third-order valence-electron chi connectivity index (χ3n) is 2.17. The van der Waals surface area contributed by atoms with Gasteiger partial charge in [-0.05, 0) is 31.5 Å². The Balaban J connectivity index is 2.96. The van der Waals surface area contributed by atoms with Gasteiger partial charge in [-0.25, -0.2) is 0 Å². The largest absolute Gasteiger partial charge is 0.330 e. The zero-order valence-electron chi connectivity index (χ0n) is 8.14. The standard InChI is InChI=1S/C10H13Cl3N2/c11-6-3-4-7(12)10(13)9(6)8(15)2-1-5-14/h3-4,8H,1-2,5,14-15H2/t8-/m0/s1. The molecular weight excluding hydrogens is 254 g/mol. The lowest BCUT2D eigenvalue weighted by molar-refractivity contribution is 0.618. The maximum Gasteiger partial charge on any atom is 0.0654 e. The number of benzene rings is 1. The van der Waals surface area contributed by atoms with Crippen LogP contribution in [-0.4, -0.2) is 6.54 Å². The van der Waals surface area contributed by atoms with Crippen LogP contribution in [0.4, 0.5) is 0 Å². The predicted octanol–water partition coefficient (Wildman–Crippen LogP) is 3.39. The van der Waals surface area contributed by atoms with Crippen molar-refractivity contribution in [2.75, 3.05) is 6.54 Å². The summed E-state index contributed by atoms with van der Waals surface area (Å²) in [6.07, 6.45) is 1.58. The van der Waals surface area contributed by atoms with E-state index in [4.69, 9.17) is 46.3 Å². The van der Waals surface area contributed by atoms with E-state index in [1.165, 1.54) is 0 Å². The molecule has 0 unspecified atom stereocenters. The topological polar surface area (TPSA) is 52.0 Å². The van der Waals surface area contributed by atoms with Crippen LogP contribution in [0.2, 0.25) is 15.1 Å². The summed E-state index contributed by atoms with van der Waals surface area (Å²) in [5.74, 6) is 0. The van der Waals surface area contributed by atoms with Gasteiger partial charge in [-0.2, -0.15) is 0 Å². The third kappa shape index (κ3) is 3.23. The molecule has 0 fully saturated rings. The number of halogens is 3. The molecule has 0 aliphatic carbocycles. The highest BCUT2D eigenvalue weighted by Gasteiger charge is 2.15. The zero-order valence-corrected chi connectivity index (χ0v) is 10.4. The molecule has 2 nitrogen and oxygen atoms in total. The van der Waals surface area contributed by atoms with Crippen LogP contribution in [0.5, 0.6) is 0 Å². The smallest absolute Gasteiger partial charge is 0.0654 e. The van der Waals surface area contributed by atoms with Crippen LogP contribution in [0, 0.1) is 0 Å². The second-order valence-electron chi connectivity index (χ2n) is 3.29. The maximum atomic E-state index is 6.04. The van der Waals surface area contributed by atoms with Gasteiger partial charge in [-0.3, -0.25) is 0 Å². The number of rotatable bonds is 4. The summed E-state index contributed by atoms with van der Waals surface area (Å²) in [5, 5.41) is 1.46. The zero-order chi connectivity index (χ0) is 11.4. The monoisotopic (exact) mass is 266 g/mol. The second kappa shape index (κ2) is 5.92. The molecule has 0 spiro atoms. The van der Waals surface area contributed by atoms with Crippen LogP contribution in [0.3, 0.4) is 0 Å². The van der Waals surface area contributed by atoms with Crippen molar-refractivity contribution in [2.45, 2.75) is 18.9 Å². The molecule has 0 heterocycles. The van der Waals surface area contributed by atoms with E-state index in [0.717, 1.165) is 12.8 Å². The third-order valence-corrected chi connectivity index (χ3v) is 3.32. The fourth-order valence-electron chi connectivity index (χ4n) is 1.36. The minimum absolute atomic E-state index is 0.216. The highest BCUT2D eigenvalue weighted by Crippen LogP contribution is 2.36. The number of nitrogens with two attached hydrogens (primary N) is 2. The molecule has 15 heavy (non-hydrogen) atoms. The fraction of sp³-hybridized carbons (Fsp3) is 0.400. The molecule has 5 heteroatoms. The first-order chi connectivity index (χ1) is 7.07. The Bertz CT molecular complexity index is 342. The molecule has 1 aromatic rings. The summed E-state index contributed by atoms with van der Waals surface area (Å²) in [5.41, 5.74) is 12.1. The van der Waals surface area contributed by atoms with Crippen LogP contribution in [0.1, 0.15) is 24.4 Å². The first-order valence-electron chi connectivity index (χ1n) is 4.67. The summed E-state index contributed by atoms with van der Waals surface area (Å²) in [6.45, 7) is 0.601. The average molecular weight is 268 g/mol. The molecule has 0 saturated carbocycles. The van der Waals surface area contributed by atoms with E-state index < -0.39 is 0 Å². The molecule has 1 atom stereocenters. The molecule has 1 aromatic carbocycles. The highest BCUT2D eigenvalue weighted by molar-refractivity contribution is 6.44. The molecule has 0 amide bonds. The minimum Gasteiger partial charge on any atom is -0.330 e. The van der Waals surface area contributed by atoms with Gasteiger partial charge in [0.2, 0.25) is 0 Å². The van der Waals surface area contributed by atoms with E-state index in [1.54, 1.807) is 12.1 Å². The van der Waals surface area contributed by atoms with Crippen LogP contribution in [-0.2, 0) is 0 Å². The van der Waals surface area contributed by atoms with Gasteiger partial charge >= 0.3 is 0 Å². The van der Waals surface area contributed by atoms with Gasteiger partial charge in [-0.1, -0.05) is 34.8 Å². The lowest BCUT2D eigenvalue weighted by atomic mass is 10.0. The molecule has 0 aliphatic rings. The summed E-state index contributed by atoms with van der Waals surface area (Å²) in [4.78, 5) is 0. The van der Waals surface area contributed by atoms with Crippen molar-refractivity contribution in [3.63, 3.8) is 0 Å². The Morgan fingerprint density at radius 2 is 1.73 bits per heavy atom. The summed E-state index contributed by atoms with van der Waals surface area (Å²) in [7, 11) is 0. The van der Waals surface area contributed by atoms with E-state index >= 15 is 0 Å². The van der Waals surface area contributed by atoms with E-state index in [-0.39, 0.29) is 6.04 Å². The fourth-order valence-corrected chi connectivity index (χ4v) is 2.18. The van der Waals surface area contributed by atoms with E-state index in [0.29, 0.717) is 27.2 Å². The van der Waals surface area contributed by atoms with Crippen molar-refractivity contribution in [1.29, 1.82) is 0 Å². The van der Waals surface area contributed by atoms with Crippen molar-refractivity contribution in [2.24, 2.45) is 11.5 Å². The predicted molar refractivity (Wildman–Crippen MR) is 66.7 cm³/mol. The number of hydrogen-bond acceptors (Lipinski definition) is 2. The van der Waals surface area contributed by atoms with Crippen LogP contribution in [0.25, 0.3) is 0 Å². The van der Waals surface area contributed by atoms with Crippen molar-refractivity contribution >= 4 is 34.8 Å². The average Bonchev–Trinajstić information content (AvgIpc) is 2.21. The maximum absolute atomic E-state index is 6.04. The van der Waals surface area contributed by atoms with E-state index in [9.17, 15) is 0 Å². The first kappa shape index (κ1) is 13.1. The van der Waals surface area contributed by atoms with Crippen LogP contribution in [0.15, 0.2) is 12.1 Å². The lowest BCUT2D eigenvalue weighted by Crippen LogP contribution is -2.13. The van der Waals surface area contributed by atoms with Crippen LogP contribution >= 0.6 is 34.8 Å². The molecule has 0 aliphatic heterocycles. The Morgan fingerprint density at radius 1 is 1.13 bits per heavy atom. The van der Waals surface area contributed by atoms with Gasteiger partial charge in [-0.15, -0.1) is 0 Å². The van der Waals surface area contributed by atoms with E-state index in [2.05, 4.69) is 0 Å². The summed E-state index contributed by atoms with van der Waals surface area (Å²) in [6, 6.07) is 3.14. The van der Waals surface area contributed by atoms with Crippen molar-refractivity contribution < 1.29 is 0 Å². The Morgan fingerprint density at radius 3 is 2.33 bits per heavy atom. The number of hydrogen-bond donors (Lipinski definition) is 2. The van der Waals surface area contributed by atoms with Crippen LogP contribution < -0.4 is 11.5 Å². The minimum atomic E-state index is -0.216. The highest BCUT2D eigenvalue weighted by atomic mass is 35.5. The Labute approximate surface area is 104 Å². The summed E-state index contributed by atoms with van der Waals surface area (Å²) < 4.78 is 0. The Hall–Kier alpha value is 0.01000. The molecule has 84 valence electrons. The normalized spacial score (nSPS) is 12.9. The van der Waals surface area contributed by atoms with Crippen molar-refractivity contribution in [3.8, 4) is 0 Å². The Kier molecular flexibility index (Phi) is 5.16. The lowest BCUT2D eigenvalue weighted by Gasteiger charge is -2.15. The van der Waals surface area contributed by atoms with Gasteiger partial charge in [0.25, 0.3) is 0 Å². The van der Waals surface area contributed by atoms with Gasteiger partial charge in [0, 0.05) is 16.6 Å². The molecule has 0 aromatic heterocycles. The van der Waals surface area contributed by atoms with Crippen molar-refractivity contribution in [1.82, 2.24) is 0 Å². The molecule has 0 bridgehead atoms. The van der Waals surface area contributed by atoms with Gasteiger partial charge in [0.1, 0.15) is 0 Å². The summed E-state index contributed by atoms with van der Waals surface area (Å²) >= 11 is 18.0. The van der Waals surface area contributed by atoms with E-state index in [1.807, 2.05) is 0 Å². The van der Waals surface area contributed by atoms with Gasteiger partial charge in [0.05, 0.1) is 10.0 Å². The molecule has 1 rings (SSSR count). The SMILES string of the molecule is NCCC[C@H](N)c1c(Cl)ccc(Cl)c1Cl.